The van der Waals surface area contributed by atoms with Crippen LogP contribution in [-0.4, -0.2) is 11.0 Å². The molecule has 0 spiro atoms. The zero-order valence-electron chi connectivity index (χ0n) is 12.3. The monoisotopic (exact) mass is 284 g/mol. The number of para-hydroxylation sites is 1. The molecule has 0 saturated heterocycles. The molecule has 4 heteroatoms. The minimum absolute atomic E-state index is 0.00375. The third kappa shape index (κ3) is 3.75. The fraction of sp³-hybridized carbons (Fsp3) is 0.235. The molecule has 0 aliphatic heterocycles. The van der Waals surface area contributed by atoms with E-state index in [0.29, 0.717) is 13.0 Å². The Morgan fingerprint density at radius 3 is 2.52 bits per heavy atom. The van der Waals surface area contributed by atoms with Crippen molar-refractivity contribution in [3.8, 4) is 5.75 Å². The zero-order valence-corrected chi connectivity index (χ0v) is 12.3. The lowest BCUT2D eigenvalue weighted by Crippen LogP contribution is -2.11. The molecular weight excluding hydrogens is 264 g/mol. The van der Waals surface area contributed by atoms with Crippen LogP contribution in [0.2, 0.25) is 0 Å². The number of anilines is 2. The number of rotatable bonds is 5. The summed E-state index contributed by atoms with van der Waals surface area (Å²) in [6, 6.07) is 13.0. The van der Waals surface area contributed by atoms with Crippen LogP contribution in [0.15, 0.2) is 42.5 Å². The first-order valence-electron chi connectivity index (χ1n) is 7.02. The second-order valence-electron chi connectivity index (χ2n) is 4.86. The molecule has 0 aliphatic carbocycles. The first-order valence-corrected chi connectivity index (χ1v) is 7.02. The van der Waals surface area contributed by atoms with Crippen LogP contribution in [0.25, 0.3) is 0 Å². The minimum Gasteiger partial charge on any atom is -0.508 e. The second-order valence-corrected chi connectivity index (χ2v) is 4.86. The van der Waals surface area contributed by atoms with Gasteiger partial charge in [-0.3, -0.25) is 4.79 Å². The maximum atomic E-state index is 11.5. The Labute approximate surface area is 124 Å². The van der Waals surface area contributed by atoms with Gasteiger partial charge in [-0.25, -0.2) is 0 Å². The number of carbonyl (C=O) groups excluding carboxylic acids is 1. The topological polar surface area (TPSA) is 61.4 Å². The highest BCUT2D eigenvalue weighted by Gasteiger charge is 2.07. The smallest absolute Gasteiger partial charge is 0.224 e. The molecule has 0 unspecified atom stereocenters. The molecule has 0 bridgehead atoms. The summed E-state index contributed by atoms with van der Waals surface area (Å²) in [6.07, 6.45) is 0.453. The summed E-state index contributed by atoms with van der Waals surface area (Å²) in [7, 11) is 0. The van der Waals surface area contributed by atoms with E-state index in [-0.39, 0.29) is 11.7 Å². The lowest BCUT2D eigenvalue weighted by molar-refractivity contribution is -0.115. The molecule has 0 aliphatic rings. The quantitative estimate of drug-likeness (QED) is 0.785. The van der Waals surface area contributed by atoms with E-state index in [1.54, 1.807) is 12.1 Å². The summed E-state index contributed by atoms with van der Waals surface area (Å²) >= 11 is 0. The number of phenols is 1. The van der Waals surface area contributed by atoms with Gasteiger partial charge in [-0.15, -0.1) is 0 Å². The zero-order chi connectivity index (χ0) is 15.2. The predicted octanol–water partition coefficient (Wildman–Crippen LogP) is 3.66. The van der Waals surface area contributed by atoms with E-state index < -0.39 is 0 Å². The third-order valence-electron chi connectivity index (χ3n) is 3.39. The molecule has 0 saturated carbocycles. The number of amides is 1. The van der Waals surface area contributed by atoms with Crippen molar-refractivity contribution in [2.75, 3.05) is 10.6 Å². The van der Waals surface area contributed by atoms with E-state index in [1.807, 2.05) is 44.2 Å². The Hall–Kier alpha value is -2.49. The number of aromatic hydroxyl groups is 1. The summed E-state index contributed by atoms with van der Waals surface area (Å²) in [5.74, 6) is 0.272. The molecule has 2 rings (SSSR count). The molecular formula is C17H20N2O2. The molecule has 0 fully saturated rings. The number of benzene rings is 2. The van der Waals surface area contributed by atoms with E-state index in [2.05, 4.69) is 10.6 Å². The van der Waals surface area contributed by atoms with Gasteiger partial charge < -0.3 is 15.7 Å². The Balaban J connectivity index is 2.12. The van der Waals surface area contributed by atoms with Crippen molar-refractivity contribution < 1.29 is 9.90 Å². The number of carbonyl (C=O) groups is 1. The summed E-state index contributed by atoms with van der Waals surface area (Å²) in [6.45, 7) is 4.31. The van der Waals surface area contributed by atoms with E-state index >= 15 is 0 Å². The fourth-order valence-corrected chi connectivity index (χ4v) is 2.05. The molecule has 110 valence electrons. The average molecular weight is 284 g/mol. The molecule has 2 aromatic rings. The van der Waals surface area contributed by atoms with Gasteiger partial charge in [0.05, 0.1) is 0 Å². The van der Waals surface area contributed by atoms with E-state index in [9.17, 15) is 9.90 Å². The van der Waals surface area contributed by atoms with Crippen LogP contribution < -0.4 is 10.6 Å². The Morgan fingerprint density at radius 2 is 1.81 bits per heavy atom. The maximum Gasteiger partial charge on any atom is 0.224 e. The van der Waals surface area contributed by atoms with Crippen LogP contribution in [0.3, 0.4) is 0 Å². The molecule has 0 radical (unpaired) electrons. The lowest BCUT2D eigenvalue weighted by atomic mass is 10.1. The molecule has 0 atom stereocenters. The number of nitrogens with one attached hydrogen (secondary N) is 2. The molecule has 21 heavy (non-hydrogen) atoms. The highest BCUT2D eigenvalue weighted by atomic mass is 16.3. The van der Waals surface area contributed by atoms with Crippen LogP contribution in [-0.2, 0) is 11.3 Å². The molecule has 2 aromatic carbocycles. The second kappa shape index (κ2) is 6.79. The van der Waals surface area contributed by atoms with Crippen LogP contribution in [0, 0.1) is 6.92 Å². The van der Waals surface area contributed by atoms with Crippen molar-refractivity contribution in [3.63, 3.8) is 0 Å². The summed E-state index contributed by atoms with van der Waals surface area (Å²) in [5.41, 5.74) is 3.56. The molecule has 0 heterocycles. The van der Waals surface area contributed by atoms with Crippen molar-refractivity contribution in [1.29, 1.82) is 0 Å². The van der Waals surface area contributed by atoms with E-state index in [4.69, 9.17) is 0 Å². The average Bonchev–Trinajstić information content (AvgIpc) is 2.49. The van der Waals surface area contributed by atoms with Crippen molar-refractivity contribution in [2.45, 2.75) is 26.8 Å². The van der Waals surface area contributed by atoms with Crippen molar-refractivity contribution in [3.05, 3.63) is 53.6 Å². The van der Waals surface area contributed by atoms with Gasteiger partial charge >= 0.3 is 0 Å². The minimum atomic E-state index is -0.00375. The summed E-state index contributed by atoms with van der Waals surface area (Å²) in [4.78, 5) is 11.5. The molecule has 1 amide bonds. The van der Waals surface area contributed by atoms with Gasteiger partial charge in [0.25, 0.3) is 0 Å². The predicted molar refractivity (Wildman–Crippen MR) is 85.5 cm³/mol. The lowest BCUT2D eigenvalue weighted by Gasteiger charge is -2.14. The Morgan fingerprint density at radius 1 is 1.10 bits per heavy atom. The van der Waals surface area contributed by atoms with E-state index in [1.165, 1.54) is 0 Å². The van der Waals surface area contributed by atoms with Gasteiger partial charge in [-0.1, -0.05) is 31.2 Å². The Bertz CT molecular complexity index is 638. The standard InChI is InChI=1S/C17H20N2O2/c1-3-17(21)19-15-9-6-8-14(12(15)2)18-11-13-7-4-5-10-16(13)20/h4-10,18,20H,3,11H2,1-2H3,(H,19,21). The van der Waals surface area contributed by atoms with Gasteiger partial charge in [0.1, 0.15) is 5.75 Å². The van der Waals surface area contributed by atoms with Gasteiger partial charge in [0.2, 0.25) is 5.91 Å². The van der Waals surface area contributed by atoms with Gasteiger partial charge in [0.15, 0.2) is 0 Å². The number of hydrogen-bond donors (Lipinski definition) is 3. The summed E-state index contributed by atoms with van der Waals surface area (Å²) in [5, 5.41) is 15.9. The SMILES string of the molecule is CCC(=O)Nc1cccc(NCc2ccccc2O)c1C. The van der Waals surface area contributed by atoms with E-state index in [0.717, 1.165) is 22.5 Å². The van der Waals surface area contributed by atoms with Crippen molar-refractivity contribution in [1.82, 2.24) is 0 Å². The van der Waals surface area contributed by atoms with Crippen molar-refractivity contribution >= 4 is 17.3 Å². The maximum absolute atomic E-state index is 11.5. The van der Waals surface area contributed by atoms with Gasteiger partial charge in [-0.05, 0) is 30.7 Å². The normalized spacial score (nSPS) is 10.2. The fourth-order valence-electron chi connectivity index (χ4n) is 2.05. The van der Waals surface area contributed by atoms with Gasteiger partial charge in [0, 0.05) is 29.9 Å². The van der Waals surface area contributed by atoms with Crippen molar-refractivity contribution in [2.24, 2.45) is 0 Å². The van der Waals surface area contributed by atoms with Crippen LogP contribution in [0.5, 0.6) is 5.75 Å². The first kappa shape index (κ1) is 14.9. The Kier molecular flexibility index (Phi) is 4.82. The largest absolute Gasteiger partial charge is 0.508 e. The first-order chi connectivity index (χ1) is 10.1. The molecule has 4 nitrogen and oxygen atoms in total. The summed E-state index contributed by atoms with van der Waals surface area (Å²) < 4.78 is 0. The van der Waals surface area contributed by atoms with Crippen LogP contribution in [0.1, 0.15) is 24.5 Å². The highest BCUT2D eigenvalue weighted by Crippen LogP contribution is 2.25. The molecule has 3 N–H and O–H groups in total. The highest BCUT2D eigenvalue weighted by molar-refractivity contribution is 5.92. The number of hydrogen-bond acceptors (Lipinski definition) is 3. The van der Waals surface area contributed by atoms with Crippen LogP contribution in [0.4, 0.5) is 11.4 Å². The van der Waals surface area contributed by atoms with Crippen LogP contribution >= 0.6 is 0 Å². The third-order valence-corrected chi connectivity index (χ3v) is 3.39. The van der Waals surface area contributed by atoms with Gasteiger partial charge in [-0.2, -0.15) is 0 Å². The molecule has 0 aromatic heterocycles. The number of phenolic OH excluding ortho intramolecular Hbond substituents is 1.